The zero-order valence-corrected chi connectivity index (χ0v) is 18.0. The van der Waals surface area contributed by atoms with Crippen LogP contribution in [0.4, 0.5) is 0 Å². The molecule has 0 saturated carbocycles. The molecule has 0 aliphatic carbocycles. The summed E-state index contributed by atoms with van der Waals surface area (Å²) in [6, 6.07) is 14.0. The molecule has 8 nitrogen and oxygen atoms in total. The molecule has 0 N–H and O–H groups in total. The van der Waals surface area contributed by atoms with Crippen LogP contribution in [0.15, 0.2) is 61.1 Å². The lowest BCUT2D eigenvalue weighted by Crippen LogP contribution is -2.17. The Morgan fingerprint density at radius 2 is 1.87 bits per heavy atom. The molecule has 2 heterocycles. The second kappa shape index (κ2) is 8.83. The molecular weight excluding hydrogens is 416 g/mol. The maximum atomic E-state index is 11.4. The van der Waals surface area contributed by atoms with Crippen LogP contribution in [-0.4, -0.2) is 43.4 Å². The Balaban J connectivity index is 1.44. The van der Waals surface area contributed by atoms with Crippen LogP contribution < -0.4 is 9.47 Å². The van der Waals surface area contributed by atoms with Gasteiger partial charge in [0.25, 0.3) is 0 Å². The Hall–Kier alpha value is -3.30. The van der Waals surface area contributed by atoms with Crippen molar-refractivity contribution in [2.75, 3.05) is 19.1 Å². The monoisotopic (exact) mass is 438 g/mol. The highest BCUT2D eigenvalue weighted by Gasteiger charge is 2.10. The van der Waals surface area contributed by atoms with Crippen LogP contribution in [0.1, 0.15) is 5.56 Å². The van der Waals surface area contributed by atoms with Crippen molar-refractivity contribution in [1.29, 1.82) is 0 Å². The van der Waals surface area contributed by atoms with Gasteiger partial charge in [0, 0.05) is 33.6 Å². The van der Waals surface area contributed by atoms with Crippen molar-refractivity contribution < 1.29 is 18.2 Å². The standard InChI is InChI=1S/C22H22N4O4S/c1-29-22-23-12-19(13-24-22)17-5-3-4-16(10-17)15-30-20-6-7-21-18(11-20)14-25-26(21)8-9-31(2,27)28/h3-7,10-14H,8-9,15H2,1-2H3. The fraction of sp³-hybridized carbons (Fsp3) is 0.227. The summed E-state index contributed by atoms with van der Waals surface area (Å²) in [6.07, 6.45) is 6.39. The van der Waals surface area contributed by atoms with E-state index in [1.807, 2.05) is 42.5 Å². The third kappa shape index (κ3) is 5.25. The van der Waals surface area contributed by atoms with E-state index in [1.165, 1.54) is 13.4 Å². The Morgan fingerprint density at radius 3 is 2.61 bits per heavy atom. The molecule has 0 fully saturated rings. The summed E-state index contributed by atoms with van der Waals surface area (Å²) < 4.78 is 35.5. The molecule has 9 heteroatoms. The summed E-state index contributed by atoms with van der Waals surface area (Å²) in [5, 5.41) is 5.19. The van der Waals surface area contributed by atoms with E-state index in [9.17, 15) is 8.76 Å². The van der Waals surface area contributed by atoms with Crippen molar-refractivity contribution in [2.24, 2.45) is 0 Å². The first-order chi connectivity index (χ1) is 14.9. The molecule has 1 atom stereocenters. The summed E-state index contributed by atoms with van der Waals surface area (Å²) in [7, 11) is -1.51. The van der Waals surface area contributed by atoms with Crippen molar-refractivity contribution in [3.05, 3.63) is 66.6 Å². The topological polar surface area (TPSA) is 102 Å². The molecule has 0 bridgehead atoms. The van der Waals surface area contributed by atoms with Gasteiger partial charge in [-0.05, 0) is 35.4 Å². The lowest BCUT2D eigenvalue weighted by molar-refractivity contribution is 0.306. The predicted molar refractivity (Wildman–Crippen MR) is 118 cm³/mol. The highest BCUT2D eigenvalue weighted by atomic mass is 32.3. The number of sulfone groups is 1. The van der Waals surface area contributed by atoms with Gasteiger partial charge >= 0.3 is 6.01 Å². The van der Waals surface area contributed by atoms with Crippen LogP contribution in [0, 0.1) is 0 Å². The van der Waals surface area contributed by atoms with E-state index in [2.05, 4.69) is 15.1 Å². The molecule has 160 valence electrons. The quantitative estimate of drug-likeness (QED) is 0.389. The van der Waals surface area contributed by atoms with E-state index >= 15 is 0 Å². The van der Waals surface area contributed by atoms with Gasteiger partial charge < -0.3 is 14.0 Å². The molecular formula is C22H22N4O4S. The maximum Gasteiger partial charge on any atom is 0.316 e. The summed E-state index contributed by atoms with van der Waals surface area (Å²) in [4.78, 5) is 8.30. The van der Waals surface area contributed by atoms with E-state index < -0.39 is 10.2 Å². The first-order valence-corrected chi connectivity index (χ1v) is 11.7. The van der Waals surface area contributed by atoms with E-state index in [0.29, 0.717) is 24.9 Å². The molecule has 2 aromatic heterocycles. The molecule has 1 unspecified atom stereocenters. The van der Waals surface area contributed by atoms with Crippen molar-refractivity contribution in [3.63, 3.8) is 0 Å². The number of aryl methyl sites for hydroxylation is 1. The predicted octanol–water partition coefficient (Wildman–Crippen LogP) is 3.34. The molecule has 0 spiro atoms. The summed E-state index contributed by atoms with van der Waals surface area (Å²) in [6.45, 7) is 0.725. The van der Waals surface area contributed by atoms with Gasteiger partial charge in [-0.3, -0.25) is 4.68 Å². The second-order valence-corrected chi connectivity index (χ2v) is 9.43. The summed E-state index contributed by atoms with van der Waals surface area (Å²) in [5.74, 6) is 0.769. The SMILES string of the molecule is COc1ncc(-c2cccc(COc3ccc4c(cnn4CC[S+](C)(=O)[O-])c3)c2)cn1. The Kier molecular flexibility index (Phi) is 5.97. The zero-order valence-electron chi connectivity index (χ0n) is 17.2. The van der Waals surface area contributed by atoms with Gasteiger partial charge in [0.1, 0.15) is 18.1 Å². The molecule has 0 aliphatic heterocycles. The highest BCUT2D eigenvalue weighted by Crippen LogP contribution is 2.24. The normalized spacial score (nSPS) is 13.1. The largest absolute Gasteiger partial charge is 0.615 e. The Morgan fingerprint density at radius 1 is 1.06 bits per heavy atom. The van der Waals surface area contributed by atoms with E-state index in [1.54, 1.807) is 23.3 Å². The van der Waals surface area contributed by atoms with Gasteiger partial charge in [0.2, 0.25) is 0 Å². The van der Waals surface area contributed by atoms with Crippen LogP contribution in [0.25, 0.3) is 22.0 Å². The van der Waals surface area contributed by atoms with Crippen molar-refractivity contribution in [3.8, 4) is 22.9 Å². The number of hydrogen-bond acceptors (Lipinski definition) is 7. The molecule has 0 radical (unpaired) electrons. The number of fused-ring (bicyclic) bond motifs is 1. The van der Waals surface area contributed by atoms with Gasteiger partial charge in [0.15, 0.2) is 0 Å². The number of hydrogen-bond donors (Lipinski definition) is 0. The zero-order chi connectivity index (χ0) is 21.8. The molecule has 4 aromatic rings. The number of methoxy groups -OCH3 is 1. The van der Waals surface area contributed by atoms with Gasteiger partial charge in [-0.25, -0.2) is 9.97 Å². The molecule has 0 saturated heterocycles. The lowest BCUT2D eigenvalue weighted by atomic mass is 10.1. The smallest absolute Gasteiger partial charge is 0.316 e. The first kappa shape index (κ1) is 21.0. The third-order valence-electron chi connectivity index (χ3n) is 4.76. The first-order valence-electron chi connectivity index (χ1n) is 9.63. The second-order valence-electron chi connectivity index (χ2n) is 7.17. The Labute approximate surface area is 181 Å². The minimum Gasteiger partial charge on any atom is -0.615 e. The fourth-order valence-electron chi connectivity index (χ4n) is 3.16. The average Bonchev–Trinajstić information content (AvgIpc) is 3.18. The summed E-state index contributed by atoms with van der Waals surface area (Å²) in [5.41, 5.74) is 3.77. The average molecular weight is 439 g/mol. The lowest BCUT2D eigenvalue weighted by Gasteiger charge is -2.10. The van der Waals surface area contributed by atoms with Gasteiger partial charge in [-0.2, -0.15) is 5.10 Å². The van der Waals surface area contributed by atoms with Gasteiger partial charge in [0.05, 0.1) is 31.6 Å². The minimum atomic E-state index is -3.04. The summed E-state index contributed by atoms with van der Waals surface area (Å²) >= 11 is 0. The van der Waals surface area contributed by atoms with E-state index in [-0.39, 0.29) is 5.75 Å². The molecule has 31 heavy (non-hydrogen) atoms. The fourth-order valence-corrected chi connectivity index (χ4v) is 3.67. The molecule has 2 aromatic carbocycles. The Bertz CT molecular complexity index is 1230. The number of ether oxygens (including phenoxy) is 2. The van der Waals surface area contributed by atoms with E-state index in [0.717, 1.165) is 27.6 Å². The van der Waals surface area contributed by atoms with Gasteiger partial charge in [-0.1, -0.05) is 18.2 Å². The van der Waals surface area contributed by atoms with Crippen molar-refractivity contribution in [1.82, 2.24) is 19.7 Å². The van der Waals surface area contributed by atoms with E-state index in [4.69, 9.17) is 9.47 Å². The van der Waals surface area contributed by atoms with Crippen LogP contribution in [0.3, 0.4) is 0 Å². The number of rotatable bonds is 8. The van der Waals surface area contributed by atoms with Crippen molar-refractivity contribution >= 4 is 21.1 Å². The number of nitrogens with zero attached hydrogens (tertiary/aromatic N) is 4. The minimum absolute atomic E-state index is 0.0532. The van der Waals surface area contributed by atoms with Crippen LogP contribution in [0.5, 0.6) is 11.8 Å². The number of aromatic nitrogens is 4. The van der Waals surface area contributed by atoms with Crippen LogP contribution in [-0.2, 0) is 27.6 Å². The molecule has 0 aliphatic rings. The third-order valence-corrected chi connectivity index (χ3v) is 5.69. The molecule has 4 rings (SSSR count). The maximum absolute atomic E-state index is 11.4. The number of benzene rings is 2. The van der Waals surface area contributed by atoms with Crippen molar-refractivity contribution in [2.45, 2.75) is 13.2 Å². The van der Waals surface area contributed by atoms with Gasteiger partial charge in [-0.15, -0.1) is 4.21 Å². The van der Waals surface area contributed by atoms with Crippen LogP contribution in [0.2, 0.25) is 0 Å². The molecule has 0 amide bonds. The highest BCUT2D eigenvalue weighted by molar-refractivity contribution is 7.96. The van der Waals surface area contributed by atoms with Crippen LogP contribution >= 0.6 is 0 Å².